The molecule has 0 saturated carbocycles. The number of methoxy groups -OCH3 is 1. The second kappa shape index (κ2) is 18.4. The molecular formula is C43H52FN5O7. The normalized spacial score (nSPS) is 17.2. The summed E-state index contributed by atoms with van der Waals surface area (Å²) in [4.78, 5) is 46.9. The molecule has 0 saturated heterocycles. The molecule has 1 aliphatic rings. The van der Waals surface area contributed by atoms with E-state index in [1.807, 2.05) is 55.4 Å². The molecule has 0 fully saturated rings. The highest BCUT2D eigenvalue weighted by Crippen LogP contribution is 2.33. The summed E-state index contributed by atoms with van der Waals surface area (Å²) in [5.41, 5.74) is 2.72. The van der Waals surface area contributed by atoms with Crippen LogP contribution < -0.4 is 25.6 Å². The molecule has 0 aliphatic carbocycles. The number of rotatable bonds is 14. The first-order valence-electron chi connectivity index (χ1n) is 18.6. The first-order valence-corrected chi connectivity index (χ1v) is 18.6. The van der Waals surface area contributed by atoms with E-state index in [0.717, 1.165) is 22.5 Å². The van der Waals surface area contributed by atoms with Crippen LogP contribution in [0.5, 0.6) is 5.75 Å². The predicted molar refractivity (Wildman–Crippen MR) is 211 cm³/mol. The fraction of sp³-hybridized carbons (Fsp3) is 0.395. The zero-order chi connectivity index (χ0) is 40.6. The molecule has 4 aromatic rings. The number of aliphatic hydroxyl groups is 2. The van der Waals surface area contributed by atoms with Crippen molar-refractivity contribution in [2.45, 2.75) is 70.4 Å². The molecule has 56 heavy (non-hydrogen) atoms. The van der Waals surface area contributed by atoms with E-state index < -0.39 is 65.4 Å². The lowest BCUT2D eigenvalue weighted by Crippen LogP contribution is -2.57. The van der Waals surface area contributed by atoms with E-state index in [9.17, 15) is 24.6 Å². The fourth-order valence-corrected chi connectivity index (χ4v) is 6.77. The third-order valence-electron chi connectivity index (χ3n) is 9.98. The minimum atomic E-state index is -1.32. The van der Waals surface area contributed by atoms with Crippen molar-refractivity contribution in [2.75, 3.05) is 32.7 Å². The molecule has 0 spiro atoms. The van der Waals surface area contributed by atoms with Gasteiger partial charge in [-0.15, -0.1) is 0 Å². The predicted octanol–water partition coefficient (Wildman–Crippen LogP) is 4.97. The number of alkyl carbamates (subject to hydrolysis) is 1. The van der Waals surface area contributed by atoms with Gasteiger partial charge in [0.25, 0.3) is 0 Å². The van der Waals surface area contributed by atoms with Crippen molar-refractivity contribution in [3.05, 3.63) is 114 Å². The number of carbonyl (C=O) groups is 3. The van der Waals surface area contributed by atoms with Gasteiger partial charge in [-0.05, 0) is 65.6 Å². The van der Waals surface area contributed by atoms with Crippen LogP contribution in [0.4, 0.5) is 15.0 Å². The van der Waals surface area contributed by atoms with Crippen molar-refractivity contribution < 1.29 is 38.5 Å². The van der Waals surface area contributed by atoms with Crippen LogP contribution in [0.2, 0.25) is 0 Å². The lowest BCUT2D eigenvalue weighted by Gasteiger charge is -2.34. The number of hydrogen-bond donors (Lipinski definition) is 5. The summed E-state index contributed by atoms with van der Waals surface area (Å²) >= 11 is 0. The molecule has 0 bridgehead atoms. The van der Waals surface area contributed by atoms with Gasteiger partial charge in [0.1, 0.15) is 36.1 Å². The number of pyridine rings is 1. The molecule has 1 aliphatic heterocycles. The summed E-state index contributed by atoms with van der Waals surface area (Å²) in [5, 5.41) is 31.4. The third kappa shape index (κ3) is 10.6. The van der Waals surface area contributed by atoms with Crippen LogP contribution in [-0.2, 0) is 27.2 Å². The second-order valence-corrected chi connectivity index (χ2v) is 15.4. The maximum absolute atomic E-state index is 15.1. The Morgan fingerprint density at radius 2 is 1.61 bits per heavy atom. The zero-order valence-corrected chi connectivity index (χ0v) is 32.7. The highest BCUT2D eigenvalue weighted by molar-refractivity contribution is 5.86. The maximum Gasteiger partial charge on any atom is 0.407 e. The summed E-state index contributed by atoms with van der Waals surface area (Å²) in [5.74, 6) is -1.23. The number of aliphatic hydroxyl groups excluding tert-OH is 2. The molecule has 0 radical (unpaired) electrons. The minimum Gasteiger partial charge on any atom is -0.490 e. The largest absolute Gasteiger partial charge is 0.490 e. The summed E-state index contributed by atoms with van der Waals surface area (Å²) in [6.45, 7) is 5.32. The van der Waals surface area contributed by atoms with Gasteiger partial charge >= 0.3 is 6.09 Å². The number of aromatic nitrogens is 1. The molecule has 3 amide bonds. The van der Waals surface area contributed by atoms with Gasteiger partial charge in [-0.2, -0.15) is 0 Å². The highest BCUT2D eigenvalue weighted by atomic mass is 19.1. The maximum atomic E-state index is 15.1. The summed E-state index contributed by atoms with van der Waals surface area (Å²) < 4.78 is 25.5. The minimum absolute atomic E-state index is 0.0398. The molecule has 5 rings (SSSR count). The average Bonchev–Trinajstić information content (AvgIpc) is 3.17. The van der Waals surface area contributed by atoms with E-state index >= 15 is 4.39 Å². The summed E-state index contributed by atoms with van der Waals surface area (Å²) in [6.07, 6.45) is -1.48. The standard InChI is InChI=1S/C43H52FN5O7/c1-43(2,3)39(48-42(54)55-6)41(53)46-33(21-26-15-17-27(18-16-26)29-19-20-37(45-24-29)49(4)5)34(50)23-30(22-28-11-7-9-13-32(28)44)40(52)47-38-31-12-8-10-14-36(31)56-25-35(38)51/h7-20,24,30,33-35,38-39,50-51H,21-23,25H2,1-6H3,(H,46,53)(H,47,52)(H,48,54)/t30-,33+,34+,35-,38+,39-/m1/s1. The first-order chi connectivity index (χ1) is 26.6. The molecular weight excluding hydrogens is 717 g/mol. The number of anilines is 1. The molecule has 6 atom stereocenters. The topological polar surface area (TPSA) is 162 Å². The van der Waals surface area contributed by atoms with Crippen molar-refractivity contribution in [2.24, 2.45) is 11.3 Å². The van der Waals surface area contributed by atoms with Crippen molar-refractivity contribution >= 4 is 23.7 Å². The number of fused-ring (bicyclic) bond motifs is 1. The number of nitrogens with zero attached hydrogens (tertiary/aromatic N) is 2. The van der Waals surface area contributed by atoms with E-state index in [4.69, 9.17) is 9.47 Å². The quantitative estimate of drug-likeness (QED) is 0.119. The molecule has 5 N–H and O–H groups in total. The van der Waals surface area contributed by atoms with Crippen LogP contribution in [0.15, 0.2) is 91.1 Å². The lowest BCUT2D eigenvalue weighted by atomic mass is 9.85. The number of halogens is 1. The van der Waals surface area contributed by atoms with Crippen LogP contribution in [0.1, 0.15) is 49.9 Å². The van der Waals surface area contributed by atoms with Gasteiger partial charge in [-0.25, -0.2) is 14.2 Å². The number of amides is 3. The van der Waals surface area contributed by atoms with Crippen LogP contribution in [0.25, 0.3) is 11.1 Å². The second-order valence-electron chi connectivity index (χ2n) is 15.4. The Hall–Kier alpha value is -5.53. The van der Waals surface area contributed by atoms with E-state index in [1.165, 1.54) is 13.2 Å². The van der Waals surface area contributed by atoms with Gasteiger partial charge in [0.05, 0.1) is 25.3 Å². The van der Waals surface area contributed by atoms with Crippen molar-refractivity contribution in [1.82, 2.24) is 20.9 Å². The number of hydrogen-bond acceptors (Lipinski definition) is 9. The monoisotopic (exact) mass is 769 g/mol. The zero-order valence-electron chi connectivity index (χ0n) is 32.7. The fourth-order valence-electron chi connectivity index (χ4n) is 6.77. The van der Waals surface area contributed by atoms with E-state index in [1.54, 1.807) is 69.4 Å². The smallest absolute Gasteiger partial charge is 0.407 e. The number of benzene rings is 3. The van der Waals surface area contributed by atoms with E-state index in [2.05, 4.69) is 20.9 Å². The van der Waals surface area contributed by atoms with E-state index in [0.29, 0.717) is 11.3 Å². The highest BCUT2D eigenvalue weighted by Gasteiger charge is 2.38. The molecule has 13 heteroatoms. The Morgan fingerprint density at radius 3 is 2.25 bits per heavy atom. The lowest BCUT2D eigenvalue weighted by molar-refractivity contribution is -0.128. The van der Waals surface area contributed by atoms with Gasteiger partial charge in [0, 0.05) is 37.3 Å². The van der Waals surface area contributed by atoms with Gasteiger partial charge in [-0.3, -0.25) is 9.59 Å². The van der Waals surface area contributed by atoms with Crippen LogP contribution >= 0.6 is 0 Å². The van der Waals surface area contributed by atoms with Crippen LogP contribution in [0, 0.1) is 17.2 Å². The van der Waals surface area contributed by atoms with Gasteiger partial charge in [0.2, 0.25) is 11.8 Å². The SMILES string of the molecule is COC(=O)N[C@H](C(=O)N[C@@H](Cc1ccc(-c2ccc(N(C)C)nc2)cc1)[C@@H](O)C[C@@H](Cc1ccccc1F)C(=O)N[C@H]1c2ccccc2OC[C@H]1O)C(C)(C)C. The summed E-state index contributed by atoms with van der Waals surface area (Å²) in [7, 11) is 5.04. The molecule has 3 aromatic carbocycles. The Morgan fingerprint density at radius 1 is 0.929 bits per heavy atom. The summed E-state index contributed by atoms with van der Waals surface area (Å²) in [6, 6.07) is 21.9. The molecule has 298 valence electrons. The average molecular weight is 770 g/mol. The number of nitrogens with one attached hydrogen (secondary N) is 3. The molecule has 0 unspecified atom stereocenters. The van der Waals surface area contributed by atoms with Crippen molar-refractivity contribution in [1.29, 1.82) is 0 Å². The number of carbonyl (C=O) groups excluding carboxylic acids is 3. The third-order valence-corrected chi connectivity index (χ3v) is 9.98. The Labute approximate surface area is 327 Å². The molecule has 2 heterocycles. The Balaban J connectivity index is 1.44. The number of para-hydroxylation sites is 1. The van der Waals surface area contributed by atoms with Crippen molar-refractivity contribution in [3.63, 3.8) is 0 Å². The Kier molecular flexibility index (Phi) is 13.7. The molecule has 12 nitrogen and oxygen atoms in total. The van der Waals surface area contributed by atoms with Crippen LogP contribution in [-0.4, -0.2) is 85.2 Å². The van der Waals surface area contributed by atoms with Gasteiger partial charge in [0.15, 0.2) is 0 Å². The van der Waals surface area contributed by atoms with Gasteiger partial charge < -0.3 is 40.5 Å². The first kappa shape index (κ1) is 41.6. The number of ether oxygens (including phenoxy) is 2. The molecule has 1 aromatic heterocycles. The van der Waals surface area contributed by atoms with Crippen molar-refractivity contribution in [3.8, 4) is 16.9 Å². The van der Waals surface area contributed by atoms with Gasteiger partial charge in [-0.1, -0.05) is 81.4 Å². The van der Waals surface area contributed by atoms with E-state index in [-0.39, 0.29) is 31.4 Å². The Bertz CT molecular complexity index is 1950. The van der Waals surface area contributed by atoms with Crippen LogP contribution in [0.3, 0.4) is 0 Å².